The first-order chi connectivity index (χ1) is 15.5. The van der Waals surface area contributed by atoms with Gasteiger partial charge in [-0.3, -0.25) is 14.6 Å². The molecular weight excluding hydrogens is 416 g/mol. The summed E-state index contributed by atoms with van der Waals surface area (Å²) in [7, 11) is 0. The predicted molar refractivity (Wildman–Crippen MR) is 113 cm³/mol. The van der Waals surface area contributed by atoms with Crippen LogP contribution in [0.15, 0.2) is 47.2 Å². The van der Waals surface area contributed by atoms with Crippen LogP contribution in [0.1, 0.15) is 43.1 Å². The highest BCUT2D eigenvalue weighted by molar-refractivity contribution is 5.96. The van der Waals surface area contributed by atoms with Crippen molar-refractivity contribution < 1.29 is 28.3 Å². The number of amides is 1. The van der Waals surface area contributed by atoms with Crippen molar-refractivity contribution in [2.24, 2.45) is 0 Å². The summed E-state index contributed by atoms with van der Waals surface area (Å²) in [5, 5.41) is 6.39. The maximum Gasteiger partial charge on any atom is 0.326 e. The number of rotatable bonds is 10. The van der Waals surface area contributed by atoms with Crippen LogP contribution in [-0.2, 0) is 9.53 Å². The number of ether oxygens (including phenoxy) is 3. The molecule has 2 heterocycles. The van der Waals surface area contributed by atoms with Gasteiger partial charge in [-0.25, -0.2) is 0 Å². The number of aromatic nitrogens is 3. The lowest BCUT2D eigenvalue weighted by Gasteiger charge is -2.13. The third-order valence-corrected chi connectivity index (χ3v) is 4.22. The zero-order valence-electron chi connectivity index (χ0n) is 18.0. The minimum atomic E-state index is -0.785. The van der Waals surface area contributed by atoms with Crippen molar-refractivity contribution in [1.82, 2.24) is 20.4 Å². The zero-order chi connectivity index (χ0) is 22.9. The molecule has 3 rings (SSSR count). The smallest absolute Gasteiger partial charge is 0.326 e. The Kier molecular flexibility index (Phi) is 7.74. The van der Waals surface area contributed by atoms with Gasteiger partial charge in [-0.2, -0.15) is 4.98 Å². The van der Waals surface area contributed by atoms with Crippen LogP contribution in [0.3, 0.4) is 0 Å². The number of pyridine rings is 1. The first-order valence-corrected chi connectivity index (χ1v) is 10.1. The molecule has 0 saturated heterocycles. The van der Waals surface area contributed by atoms with E-state index in [1.54, 1.807) is 49.6 Å². The molecule has 1 atom stereocenters. The van der Waals surface area contributed by atoms with E-state index in [9.17, 15) is 9.59 Å². The average Bonchev–Trinajstić information content (AvgIpc) is 3.30. The van der Waals surface area contributed by atoms with E-state index in [4.69, 9.17) is 18.7 Å². The van der Waals surface area contributed by atoms with Crippen LogP contribution in [0, 0.1) is 0 Å². The Hall–Kier alpha value is -3.95. The van der Waals surface area contributed by atoms with E-state index in [-0.39, 0.29) is 12.4 Å². The van der Waals surface area contributed by atoms with E-state index in [1.807, 2.05) is 13.8 Å². The molecule has 2 aromatic heterocycles. The Labute approximate surface area is 184 Å². The van der Waals surface area contributed by atoms with E-state index >= 15 is 0 Å². The third kappa shape index (κ3) is 5.81. The molecule has 0 aliphatic rings. The maximum absolute atomic E-state index is 12.4. The lowest BCUT2D eigenvalue weighted by atomic mass is 10.2. The van der Waals surface area contributed by atoms with Crippen LogP contribution < -0.4 is 14.8 Å². The summed E-state index contributed by atoms with van der Waals surface area (Å²) in [4.78, 5) is 32.8. The Morgan fingerprint density at radius 1 is 1.12 bits per heavy atom. The zero-order valence-corrected chi connectivity index (χ0v) is 18.0. The second-order valence-electron chi connectivity index (χ2n) is 6.54. The Bertz CT molecular complexity index is 1050. The van der Waals surface area contributed by atoms with Gasteiger partial charge < -0.3 is 24.1 Å². The number of hydrogen-bond donors (Lipinski definition) is 1. The lowest BCUT2D eigenvalue weighted by molar-refractivity contribution is -0.148. The molecule has 0 bridgehead atoms. The van der Waals surface area contributed by atoms with Gasteiger partial charge in [0, 0.05) is 23.5 Å². The number of benzene rings is 1. The largest absolute Gasteiger partial charge is 0.490 e. The number of hydrogen-bond acceptors (Lipinski definition) is 9. The number of nitrogens with zero attached hydrogens (tertiary/aromatic N) is 3. The second kappa shape index (κ2) is 10.9. The predicted octanol–water partition coefficient (Wildman–Crippen LogP) is 2.96. The fourth-order valence-electron chi connectivity index (χ4n) is 2.75. The van der Waals surface area contributed by atoms with Crippen molar-refractivity contribution >= 4 is 11.9 Å². The fourth-order valence-corrected chi connectivity index (χ4v) is 2.75. The van der Waals surface area contributed by atoms with E-state index < -0.39 is 18.0 Å². The molecule has 0 aliphatic carbocycles. The summed E-state index contributed by atoms with van der Waals surface area (Å²) in [6.07, 6.45) is 2.44. The summed E-state index contributed by atoms with van der Waals surface area (Å²) in [6.45, 7) is 5.86. The molecule has 1 aromatic carbocycles. The van der Waals surface area contributed by atoms with E-state index in [2.05, 4.69) is 20.4 Å². The number of esters is 1. The summed E-state index contributed by atoms with van der Waals surface area (Å²) >= 11 is 0. The summed E-state index contributed by atoms with van der Waals surface area (Å²) < 4.78 is 21.4. The van der Waals surface area contributed by atoms with Crippen molar-refractivity contribution in [3.8, 4) is 22.9 Å². The molecule has 0 spiro atoms. The van der Waals surface area contributed by atoms with Crippen molar-refractivity contribution in [3.05, 3.63) is 54.2 Å². The SMILES string of the molecule is CCOc1ccc(C(=O)NCC(=O)OC(C)c2nc(-c3cccnc3)no2)cc1OCC. The molecule has 168 valence electrons. The highest BCUT2D eigenvalue weighted by Gasteiger charge is 2.20. The van der Waals surface area contributed by atoms with E-state index in [1.165, 1.54) is 0 Å². The molecule has 0 fully saturated rings. The van der Waals surface area contributed by atoms with Crippen LogP contribution in [0.2, 0.25) is 0 Å². The van der Waals surface area contributed by atoms with Crippen molar-refractivity contribution in [1.29, 1.82) is 0 Å². The molecular formula is C22H24N4O6. The molecule has 0 saturated carbocycles. The monoisotopic (exact) mass is 440 g/mol. The quantitative estimate of drug-likeness (QED) is 0.474. The molecule has 10 heteroatoms. The molecule has 32 heavy (non-hydrogen) atoms. The highest BCUT2D eigenvalue weighted by Crippen LogP contribution is 2.28. The van der Waals surface area contributed by atoms with Crippen LogP contribution in [0.4, 0.5) is 0 Å². The number of carbonyl (C=O) groups excluding carboxylic acids is 2. The molecule has 10 nitrogen and oxygen atoms in total. The van der Waals surface area contributed by atoms with Crippen LogP contribution in [0.25, 0.3) is 11.4 Å². The standard InChI is InChI=1S/C22H24N4O6/c1-4-29-17-9-8-15(11-18(17)30-5-2)21(28)24-13-19(27)31-14(3)22-25-20(26-32-22)16-7-6-10-23-12-16/h6-12,14H,4-5,13H2,1-3H3,(H,24,28). The topological polar surface area (TPSA) is 126 Å². The number of carbonyl (C=O) groups is 2. The Balaban J connectivity index is 1.55. The lowest BCUT2D eigenvalue weighted by Crippen LogP contribution is -2.31. The first-order valence-electron chi connectivity index (χ1n) is 10.1. The molecule has 1 unspecified atom stereocenters. The van der Waals surface area contributed by atoms with Crippen LogP contribution in [0.5, 0.6) is 11.5 Å². The van der Waals surface area contributed by atoms with Gasteiger partial charge >= 0.3 is 5.97 Å². The van der Waals surface area contributed by atoms with Gasteiger partial charge in [0.25, 0.3) is 11.8 Å². The fraction of sp³-hybridized carbons (Fsp3) is 0.318. The van der Waals surface area contributed by atoms with Gasteiger partial charge in [-0.15, -0.1) is 0 Å². The molecule has 0 aliphatic heterocycles. The van der Waals surface area contributed by atoms with Crippen molar-refractivity contribution in [3.63, 3.8) is 0 Å². The van der Waals surface area contributed by atoms with E-state index in [0.29, 0.717) is 41.7 Å². The number of nitrogens with one attached hydrogen (secondary N) is 1. The van der Waals surface area contributed by atoms with Gasteiger partial charge in [0.05, 0.1) is 13.2 Å². The molecule has 0 radical (unpaired) electrons. The first kappa shape index (κ1) is 22.7. The van der Waals surface area contributed by atoms with E-state index in [0.717, 1.165) is 0 Å². The minimum absolute atomic E-state index is 0.136. The normalized spacial score (nSPS) is 11.5. The Morgan fingerprint density at radius 2 is 1.91 bits per heavy atom. The highest BCUT2D eigenvalue weighted by atomic mass is 16.6. The van der Waals surface area contributed by atoms with Gasteiger partial charge in [-0.1, -0.05) is 5.16 Å². The molecule has 1 N–H and O–H groups in total. The summed E-state index contributed by atoms with van der Waals surface area (Å²) in [6, 6.07) is 8.34. The molecule has 1 amide bonds. The average molecular weight is 440 g/mol. The minimum Gasteiger partial charge on any atom is -0.490 e. The third-order valence-electron chi connectivity index (χ3n) is 4.22. The molecule has 3 aromatic rings. The van der Waals surface area contributed by atoms with Crippen molar-refractivity contribution in [2.75, 3.05) is 19.8 Å². The summed E-state index contributed by atoms with van der Waals surface area (Å²) in [5.41, 5.74) is 1.01. The van der Waals surface area contributed by atoms with Gasteiger partial charge in [0.1, 0.15) is 6.54 Å². The van der Waals surface area contributed by atoms with Gasteiger partial charge in [-0.05, 0) is 51.1 Å². The van der Waals surface area contributed by atoms with Gasteiger partial charge in [0.2, 0.25) is 5.82 Å². The summed E-state index contributed by atoms with van der Waals surface area (Å²) in [5.74, 6) is 0.378. The maximum atomic E-state index is 12.4. The van der Waals surface area contributed by atoms with Crippen LogP contribution in [-0.4, -0.2) is 46.8 Å². The second-order valence-corrected chi connectivity index (χ2v) is 6.54. The van der Waals surface area contributed by atoms with Crippen LogP contribution >= 0.6 is 0 Å². The van der Waals surface area contributed by atoms with Crippen molar-refractivity contribution in [2.45, 2.75) is 26.9 Å². The van der Waals surface area contributed by atoms with Gasteiger partial charge in [0.15, 0.2) is 17.6 Å². The Morgan fingerprint density at radius 3 is 2.62 bits per heavy atom.